The number of ether oxygens (including phenoxy) is 1. The number of nitrogens with zero attached hydrogens (tertiary/aromatic N) is 2. The molecule has 0 aromatic heterocycles. The molecule has 130 valence electrons. The second-order valence-corrected chi connectivity index (χ2v) is 9.00. The van der Waals surface area contributed by atoms with Gasteiger partial charge in [0.2, 0.25) is 0 Å². The summed E-state index contributed by atoms with van der Waals surface area (Å²) < 4.78 is 6.23. The second kappa shape index (κ2) is 8.79. The number of carbonyl (C=O) groups excluding carboxylic acids is 1. The minimum atomic E-state index is -0.195. The molecule has 0 N–H and O–H groups in total. The van der Waals surface area contributed by atoms with E-state index in [0.29, 0.717) is 17.4 Å². The zero-order valence-electron chi connectivity index (χ0n) is 14.0. The van der Waals surface area contributed by atoms with Crippen molar-refractivity contribution in [3.63, 3.8) is 0 Å². The highest BCUT2D eigenvalue weighted by atomic mass is 32.2. The summed E-state index contributed by atoms with van der Waals surface area (Å²) in [6.45, 7) is 7.12. The molecule has 3 fully saturated rings. The number of esters is 1. The predicted octanol–water partition coefficient (Wildman–Crippen LogP) is 3.49. The van der Waals surface area contributed by atoms with Crippen molar-refractivity contribution in [2.45, 2.75) is 56.2 Å². The van der Waals surface area contributed by atoms with Crippen molar-refractivity contribution in [1.29, 1.82) is 0 Å². The van der Waals surface area contributed by atoms with Gasteiger partial charge in [-0.1, -0.05) is 36.4 Å². The van der Waals surface area contributed by atoms with E-state index in [-0.39, 0.29) is 5.97 Å². The highest BCUT2D eigenvalue weighted by Crippen LogP contribution is 2.50. The van der Waals surface area contributed by atoms with Gasteiger partial charge in [0.05, 0.1) is 21.6 Å². The van der Waals surface area contributed by atoms with Crippen LogP contribution in [0.1, 0.15) is 45.4 Å². The monoisotopic (exact) mass is 356 g/mol. The van der Waals surface area contributed by atoms with E-state index in [2.05, 4.69) is 9.80 Å². The lowest BCUT2D eigenvalue weighted by Gasteiger charge is -2.40. The first-order valence-electron chi connectivity index (χ1n) is 8.98. The molecule has 0 radical (unpaired) electrons. The Balaban J connectivity index is 1.71. The Kier molecular flexibility index (Phi) is 6.74. The Bertz CT molecular complexity index is 404. The van der Waals surface area contributed by atoms with Crippen molar-refractivity contribution in [2.24, 2.45) is 0 Å². The summed E-state index contributed by atoms with van der Waals surface area (Å²) in [7, 11) is 0. The first-order valence-corrected chi connectivity index (χ1v) is 10.7. The van der Waals surface area contributed by atoms with Gasteiger partial charge >= 0.3 is 5.97 Å². The van der Waals surface area contributed by atoms with Crippen LogP contribution in [0, 0.1) is 0 Å². The van der Waals surface area contributed by atoms with E-state index in [1.165, 1.54) is 64.7 Å². The summed E-state index contributed by atoms with van der Waals surface area (Å²) in [5.74, 6) is -0.195. The Labute approximate surface area is 148 Å². The fraction of sp³-hybridized carbons (Fsp3) is 0.824. The van der Waals surface area contributed by atoms with Gasteiger partial charge < -0.3 is 4.74 Å². The highest BCUT2D eigenvalue weighted by Gasteiger charge is 2.40. The van der Waals surface area contributed by atoms with E-state index in [1.807, 2.05) is 30.4 Å². The van der Waals surface area contributed by atoms with E-state index < -0.39 is 0 Å². The molecule has 3 heterocycles. The zero-order chi connectivity index (χ0) is 16.1. The summed E-state index contributed by atoms with van der Waals surface area (Å²) in [5, 5.41) is 0.971. The molecular formula is C17H28N2O2S2. The van der Waals surface area contributed by atoms with Crippen molar-refractivity contribution >= 4 is 29.5 Å². The molecule has 3 rings (SSSR count). The van der Waals surface area contributed by atoms with E-state index in [0.717, 1.165) is 4.24 Å². The number of thioether (sulfide) groups is 2. The van der Waals surface area contributed by atoms with Crippen molar-refractivity contribution in [3.8, 4) is 0 Å². The number of likely N-dealkylation sites (tertiary alicyclic amines) is 2. The summed E-state index contributed by atoms with van der Waals surface area (Å²) in [4.78, 5) is 17.1. The van der Waals surface area contributed by atoms with Gasteiger partial charge in [0.25, 0.3) is 0 Å². The Morgan fingerprint density at radius 2 is 1.48 bits per heavy atom. The number of piperidine rings is 2. The van der Waals surface area contributed by atoms with Crippen LogP contribution in [-0.4, -0.2) is 59.3 Å². The average Bonchev–Trinajstić information content (AvgIpc) is 3.00. The standard InChI is InChI=1S/C17H28N2O2S2/c1-2-21-14(20)13-15-22-16(18-9-5-3-6-10-18)17(23-15)19-11-7-4-8-12-19/h13,16-17H,2-12H2,1H3. The molecule has 2 unspecified atom stereocenters. The van der Waals surface area contributed by atoms with Gasteiger partial charge in [-0.2, -0.15) is 0 Å². The van der Waals surface area contributed by atoms with Crippen LogP contribution in [0.4, 0.5) is 0 Å². The lowest BCUT2D eigenvalue weighted by Crippen LogP contribution is -2.49. The summed E-state index contributed by atoms with van der Waals surface area (Å²) in [6, 6.07) is 0. The van der Waals surface area contributed by atoms with Crippen LogP contribution in [0.3, 0.4) is 0 Å². The molecular weight excluding hydrogens is 328 g/mol. The molecule has 0 aromatic carbocycles. The first-order chi connectivity index (χ1) is 11.3. The number of hydrogen-bond donors (Lipinski definition) is 0. The first kappa shape index (κ1) is 17.6. The molecule has 3 aliphatic rings. The van der Waals surface area contributed by atoms with Crippen molar-refractivity contribution in [1.82, 2.24) is 9.80 Å². The zero-order valence-corrected chi connectivity index (χ0v) is 15.7. The van der Waals surface area contributed by atoms with Crippen LogP contribution in [0.15, 0.2) is 10.3 Å². The molecule has 3 saturated heterocycles. The topological polar surface area (TPSA) is 32.8 Å². The molecule has 0 saturated carbocycles. The van der Waals surface area contributed by atoms with Crippen molar-refractivity contribution < 1.29 is 9.53 Å². The maximum absolute atomic E-state index is 11.8. The molecule has 6 heteroatoms. The van der Waals surface area contributed by atoms with E-state index in [4.69, 9.17) is 4.74 Å². The van der Waals surface area contributed by atoms with Gasteiger partial charge in [-0.05, 0) is 58.8 Å². The maximum atomic E-state index is 11.8. The predicted molar refractivity (Wildman–Crippen MR) is 98.3 cm³/mol. The van der Waals surface area contributed by atoms with Crippen molar-refractivity contribution in [3.05, 3.63) is 10.3 Å². The molecule has 0 aliphatic carbocycles. The fourth-order valence-electron chi connectivity index (χ4n) is 3.59. The van der Waals surface area contributed by atoms with Gasteiger partial charge in [-0.15, -0.1) is 0 Å². The largest absolute Gasteiger partial charge is 0.463 e. The lowest BCUT2D eigenvalue weighted by molar-refractivity contribution is -0.137. The summed E-state index contributed by atoms with van der Waals surface area (Å²) in [6.07, 6.45) is 9.68. The van der Waals surface area contributed by atoms with E-state index >= 15 is 0 Å². The van der Waals surface area contributed by atoms with E-state index in [1.54, 1.807) is 6.08 Å². The third-order valence-electron chi connectivity index (χ3n) is 4.74. The van der Waals surface area contributed by atoms with Gasteiger partial charge in [-0.3, -0.25) is 9.80 Å². The molecule has 0 amide bonds. The SMILES string of the molecule is CCOC(=O)C=C1SC(N2CCCCC2)C(N2CCCCC2)S1. The van der Waals surface area contributed by atoms with E-state index in [9.17, 15) is 4.79 Å². The molecule has 3 aliphatic heterocycles. The van der Waals surface area contributed by atoms with Gasteiger partial charge in [0.1, 0.15) is 0 Å². The summed E-state index contributed by atoms with van der Waals surface area (Å²) >= 11 is 3.76. The summed E-state index contributed by atoms with van der Waals surface area (Å²) in [5.41, 5.74) is 0. The fourth-order valence-corrected chi connectivity index (χ4v) is 6.83. The molecule has 23 heavy (non-hydrogen) atoms. The van der Waals surface area contributed by atoms with Crippen LogP contribution in [0.5, 0.6) is 0 Å². The van der Waals surface area contributed by atoms with Crippen LogP contribution in [-0.2, 0) is 9.53 Å². The quantitative estimate of drug-likeness (QED) is 0.566. The van der Waals surface area contributed by atoms with Gasteiger partial charge in [-0.25, -0.2) is 4.79 Å². The van der Waals surface area contributed by atoms with Gasteiger partial charge in [0, 0.05) is 6.08 Å². The Morgan fingerprint density at radius 3 is 1.91 bits per heavy atom. The smallest absolute Gasteiger partial charge is 0.332 e. The molecule has 0 bridgehead atoms. The van der Waals surface area contributed by atoms with Crippen LogP contribution in [0.2, 0.25) is 0 Å². The minimum Gasteiger partial charge on any atom is -0.463 e. The third kappa shape index (κ3) is 4.68. The normalized spacial score (nSPS) is 30.4. The number of rotatable bonds is 4. The van der Waals surface area contributed by atoms with Crippen LogP contribution < -0.4 is 0 Å². The minimum absolute atomic E-state index is 0.195. The number of carbonyl (C=O) groups is 1. The van der Waals surface area contributed by atoms with Crippen LogP contribution >= 0.6 is 23.5 Å². The molecule has 0 spiro atoms. The van der Waals surface area contributed by atoms with Crippen molar-refractivity contribution in [2.75, 3.05) is 32.8 Å². The van der Waals surface area contributed by atoms with Gasteiger partial charge in [0.15, 0.2) is 0 Å². The lowest BCUT2D eigenvalue weighted by atomic mass is 10.1. The molecule has 4 nitrogen and oxygen atoms in total. The average molecular weight is 357 g/mol. The third-order valence-corrected chi connectivity index (χ3v) is 7.79. The second-order valence-electron chi connectivity index (χ2n) is 6.43. The Morgan fingerprint density at radius 1 is 1.00 bits per heavy atom. The molecule has 2 atom stereocenters. The highest BCUT2D eigenvalue weighted by molar-refractivity contribution is 8.25. The maximum Gasteiger partial charge on any atom is 0.332 e. The molecule has 0 aromatic rings. The number of hydrogen-bond acceptors (Lipinski definition) is 6. The van der Waals surface area contributed by atoms with Crippen LogP contribution in [0.25, 0.3) is 0 Å². The Hall–Kier alpha value is -0.170.